The molecule has 0 aromatic heterocycles. The molecule has 1 heteroatoms. The van der Waals surface area contributed by atoms with Crippen molar-refractivity contribution in [3.63, 3.8) is 0 Å². The van der Waals surface area contributed by atoms with Crippen molar-refractivity contribution < 1.29 is 0 Å². The second-order valence-corrected chi connectivity index (χ2v) is 4.83. The first kappa shape index (κ1) is 9.83. The third-order valence-electron chi connectivity index (χ3n) is 3.87. The molecule has 1 aliphatic carbocycles. The number of allylic oxidation sites excluding steroid dienone is 1. The van der Waals surface area contributed by atoms with Gasteiger partial charge in [-0.1, -0.05) is 49.4 Å². The fourth-order valence-electron chi connectivity index (χ4n) is 2.95. The molecule has 0 unspecified atom stereocenters. The van der Waals surface area contributed by atoms with E-state index in [2.05, 4.69) is 49.4 Å². The summed E-state index contributed by atoms with van der Waals surface area (Å²) in [5.41, 5.74) is 2.61. The highest BCUT2D eigenvalue weighted by Gasteiger charge is 2.35. The summed E-state index contributed by atoms with van der Waals surface area (Å²) in [5, 5.41) is 0. The van der Waals surface area contributed by atoms with E-state index in [-0.39, 0.29) is 0 Å². The van der Waals surface area contributed by atoms with Gasteiger partial charge in [0, 0.05) is 11.6 Å². The van der Waals surface area contributed by atoms with E-state index in [4.69, 9.17) is 4.99 Å². The van der Waals surface area contributed by atoms with E-state index in [1.807, 2.05) is 0 Å². The van der Waals surface area contributed by atoms with Gasteiger partial charge in [-0.3, -0.25) is 4.99 Å². The molecule has 0 amide bonds. The molecule has 16 heavy (non-hydrogen) atoms. The third-order valence-corrected chi connectivity index (χ3v) is 3.87. The minimum atomic E-state index is 0.443. The van der Waals surface area contributed by atoms with Crippen molar-refractivity contribution in [3.05, 3.63) is 48.0 Å². The molecule has 82 valence electrons. The van der Waals surface area contributed by atoms with Gasteiger partial charge in [0.25, 0.3) is 0 Å². The van der Waals surface area contributed by atoms with Crippen LogP contribution in [-0.2, 0) is 0 Å². The lowest BCUT2D eigenvalue weighted by atomic mass is 9.80. The Balaban J connectivity index is 1.95. The van der Waals surface area contributed by atoms with E-state index >= 15 is 0 Å². The second-order valence-electron chi connectivity index (χ2n) is 4.83. The van der Waals surface area contributed by atoms with Crippen LogP contribution in [0.2, 0.25) is 0 Å². The molecule has 3 rings (SSSR count). The van der Waals surface area contributed by atoms with E-state index in [1.54, 1.807) is 0 Å². The highest BCUT2D eigenvalue weighted by Crippen LogP contribution is 2.36. The molecule has 0 N–H and O–H groups in total. The van der Waals surface area contributed by atoms with Crippen LogP contribution in [0.5, 0.6) is 0 Å². The normalized spacial score (nSPS) is 32.3. The van der Waals surface area contributed by atoms with Crippen LogP contribution in [0.15, 0.2) is 47.5 Å². The molecule has 1 nitrogen and oxygen atoms in total. The van der Waals surface area contributed by atoms with Gasteiger partial charge in [-0.05, 0) is 24.3 Å². The first-order chi connectivity index (χ1) is 7.86. The Hall–Kier alpha value is -1.37. The topological polar surface area (TPSA) is 12.4 Å². The smallest absolute Gasteiger partial charge is 0.0718 e. The summed E-state index contributed by atoms with van der Waals surface area (Å²) in [6, 6.07) is 11.1. The van der Waals surface area contributed by atoms with Gasteiger partial charge >= 0.3 is 0 Å². The summed E-state index contributed by atoms with van der Waals surface area (Å²) < 4.78 is 0. The Labute approximate surface area is 96.9 Å². The molecular weight excluding hydrogens is 194 g/mol. The number of rotatable bonds is 1. The zero-order valence-corrected chi connectivity index (χ0v) is 9.63. The van der Waals surface area contributed by atoms with E-state index in [1.165, 1.54) is 24.1 Å². The third kappa shape index (κ3) is 1.51. The maximum atomic E-state index is 4.89. The highest BCUT2D eigenvalue weighted by atomic mass is 14.9. The number of hydrogen-bond acceptors (Lipinski definition) is 1. The maximum Gasteiger partial charge on any atom is 0.0718 e. The SMILES string of the molecule is C[C@H]1C(c2ccccc2)=N[C@@H]2C=CCC[C@@H]21. The minimum absolute atomic E-state index is 0.443. The van der Waals surface area contributed by atoms with Crippen LogP contribution in [0.3, 0.4) is 0 Å². The molecule has 0 spiro atoms. The van der Waals surface area contributed by atoms with Crippen molar-refractivity contribution >= 4 is 5.71 Å². The second kappa shape index (κ2) is 3.89. The number of nitrogens with zero attached hydrogens (tertiary/aromatic N) is 1. The first-order valence-corrected chi connectivity index (χ1v) is 6.16. The van der Waals surface area contributed by atoms with Crippen molar-refractivity contribution in [2.75, 3.05) is 0 Å². The molecule has 0 radical (unpaired) electrons. The molecule has 0 fully saturated rings. The van der Waals surface area contributed by atoms with Gasteiger partial charge < -0.3 is 0 Å². The number of aliphatic imine (C=N–C) groups is 1. The van der Waals surface area contributed by atoms with Crippen molar-refractivity contribution in [1.82, 2.24) is 0 Å². The molecule has 3 atom stereocenters. The van der Waals surface area contributed by atoms with Gasteiger partial charge in [-0.2, -0.15) is 0 Å². The molecular formula is C15H17N. The van der Waals surface area contributed by atoms with Crippen molar-refractivity contribution in [3.8, 4) is 0 Å². The number of fused-ring (bicyclic) bond motifs is 1. The van der Waals surface area contributed by atoms with Gasteiger partial charge in [-0.25, -0.2) is 0 Å². The van der Waals surface area contributed by atoms with Crippen molar-refractivity contribution in [2.45, 2.75) is 25.8 Å². The average molecular weight is 211 g/mol. The van der Waals surface area contributed by atoms with Crippen LogP contribution >= 0.6 is 0 Å². The summed E-state index contributed by atoms with van der Waals surface area (Å²) >= 11 is 0. The summed E-state index contributed by atoms with van der Waals surface area (Å²) in [7, 11) is 0. The van der Waals surface area contributed by atoms with Crippen LogP contribution in [0.1, 0.15) is 25.3 Å². The maximum absolute atomic E-state index is 4.89. The Bertz CT molecular complexity index is 430. The summed E-state index contributed by atoms with van der Waals surface area (Å²) in [6.07, 6.45) is 7.09. The number of hydrogen-bond donors (Lipinski definition) is 0. The molecule has 0 saturated carbocycles. The van der Waals surface area contributed by atoms with Gasteiger partial charge in [0.15, 0.2) is 0 Å². The predicted molar refractivity (Wildman–Crippen MR) is 67.8 cm³/mol. The van der Waals surface area contributed by atoms with Gasteiger partial charge in [0.1, 0.15) is 0 Å². The first-order valence-electron chi connectivity index (χ1n) is 6.16. The average Bonchev–Trinajstić information content (AvgIpc) is 2.69. The fourth-order valence-corrected chi connectivity index (χ4v) is 2.95. The Morgan fingerprint density at radius 2 is 2.00 bits per heavy atom. The summed E-state index contributed by atoms with van der Waals surface area (Å²) in [6.45, 7) is 2.33. The minimum Gasteiger partial charge on any atom is -0.281 e. The van der Waals surface area contributed by atoms with Crippen LogP contribution in [0.4, 0.5) is 0 Å². The molecule has 0 bridgehead atoms. The van der Waals surface area contributed by atoms with Crippen LogP contribution in [-0.4, -0.2) is 11.8 Å². The molecule has 2 aliphatic rings. The molecule has 1 heterocycles. The van der Waals surface area contributed by atoms with Crippen LogP contribution in [0, 0.1) is 11.8 Å². The van der Waals surface area contributed by atoms with Crippen LogP contribution < -0.4 is 0 Å². The molecule has 0 saturated heterocycles. The van der Waals surface area contributed by atoms with E-state index in [0.29, 0.717) is 12.0 Å². The quantitative estimate of drug-likeness (QED) is 0.631. The Morgan fingerprint density at radius 1 is 1.19 bits per heavy atom. The molecule has 1 aromatic carbocycles. The lowest BCUT2D eigenvalue weighted by Gasteiger charge is -2.22. The Kier molecular flexibility index (Phi) is 2.39. The zero-order chi connectivity index (χ0) is 11.0. The van der Waals surface area contributed by atoms with E-state index in [0.717, 1.165) is 5.92 Å². The fraction of sp³-hybridized carbons (Fsp3) is 0.400. The molecule has 1 aromatic rings. The van der Waals surface area contributed by atoms with Crippen LogP contribution in [0.25, 0.3) is 0 Å². The lowest BCUT2D eigenvalue weighted by molar-refractivity contribution is 0.395. The number of benzene rings is 1. The Morgan fingerprint density at radius 3 is 2.75 bits per heavy atom. The highest BCUT2D eigenvalue weighted by molar-refractivity contribution is 6.03. The lowest BCUT2D eigenvalue weighted by Crippen LogP contribution is -2.22. The standard InChI is InChI=1S/C15H17N/c1-11-13-9-5-6-10-14(13)16-15(11)12-7-3-2-4-8-12/h2-4,6-8,10-11,13-14H,5,9H2,1H3/t11-,13-,14-/m1/s1. The van der Waals surface area contributed by atoms with Gasteiger partial charge in [0.05, 0.1) is 6.04 Å². The van der Waals surface area contributed by atoms with Crippen molar-refractivity contribution in [2.24, 2.45) is 16.8 Å². The zero-order valence-electron chi connectivity index (χ0n) is 9.63. The summed E-state index contributed by atoms with van der Waals surface area (Å²) in [4.78, 5) is 4.89. The van der Waals surface area contributed by atoms with Crippen molar-refractivity contribution in [1.29, 1.82) is 0 Å². The van der Waals surface area contributed by atoms with Gasteiger partial charge in [0.2, 0.25) is 0 Å². The van der Waals surface area contributed by atoms with E-state index < -0.39 is 0 Å². The van der Waals surface area contributed by atoms with Gasteiger partial charge in [-0.15, -0.1) is 0 Å². The predicted octanol–water partition coefficient (Wildman–Crippen LogP) is 3.46. The molecule has 1 aliphatic heterocycles. The monoisotopic (exact) mass is 211 g/mol. The summed E-state index contributed by atoms with van der Waals surface area (Å²) in [5.74, 6) is 1.34. The largest absolute Gasteiger partial charge is 0.281 e. The van der Waals surface area contributed by atoms with E-state index in [9.17, 15) is 0 Å².